The second-order valence-corrected chi connectivity index (χ2v) is 5.39. The van der Waals surface area contributed by atoms with Gasteiger partial charge in [-0.05, 0) is 19.3 Å². The van der Waals surface area contributed by atoms with Crippen LogP contribution in [0.2, 0.25) is 0 Å². The standard InChI is InChI=1S/C16H23N5O/c1-6-11-15(9(2)3)12(7-14(18-5)21-11)22-13-8-19-10(4)20-16(13)17/h7-9H,6H2,1-5H3,(H,18,21)(H2,17,19,20). The van der Waals surface area contributed by atoms with Crippen LogP contribution in [0.4, 0.5) is 11.6 Å². The van der Waals surface area contributed by atoms with E-state index in [9.17, 15) is 0 Å². The highest BCUT2D eigenvalue weighted by Gasteiger charge is 2.17. The number of pyridine rings is 1. The van der Waals surface area contributed by atoms with E-state index >= 15 is 0 Å². The summed E-state index contributed by atoms with van der Waals surface area (Å²) < 4.78 is 6.01. The van der Waals surface area contributed by atoms with Crippen LogP contribution in [0, 0.1) is 6.92 Å². The highest BCUT2D eigenvalue weighted by Crippen LogP contribution is 2.35. The van der Waals surface area contributed by atoms with E-state index in [1.165, 1.54) is 0 Å². The molecular weight excluding hydrogens is 278 g/mol. The Hall–Kier alpha value is -2.37. The fraction of sp³-hybridized carbons (Fsp3) is 0.438. The Kier molecular flexibility index (Phi) is 4.80. The maximum atomic E-state index is 6.01. The molecule has 6 nitrogen and oxygen atoms in total. The minimum Gasteiger partial charge on any atom is -0.451 e. The van der Waals surface area contributed by atoms with Gasteiger partial charge in [0.15, 0.2) is 11.6 Å². The lowest BCUT2D eigenvalue weighted by atomic mass is 9.98. The number of nitrogens with two attached hydrogens (primary N) is 1. The highest BCUT2D eigenvalue weighted by molar-refractivity contribution is 5.53. The van der Waals surface area contributed by atoms with Gasteiger partial charge in [-0.2, -0.15) is 0 Å². The van der Waals surface area contributed by atoms with Gasteiger partial charge in [0, 0.05) is 24.4 Å². The summed E-state index contributed by atoms with van der Waals surface area (Å²) in [6.07, 6.45) is 2.44. The van der Waals surface area contributed by atoms with Crippen molar-refractivity contribution in [2.45, 2.75) is 40.0 Å². The number of anilines is 2. The molecule has 22 heavy (non-hydrogen) atoms. The Bertz CT molecular complexity index is 670. The van der Waals surface area contributed by atoms with E-state index in [2.05, 4.69) is 41.0 Å². The first-order valence-electron chi connectivity index (χ1n) is 7.44. The summed E-state index contributed by atoms with van der Waals surface area (Å²) in [6, 6.07) is 1.88. The smallest absolute Gasteiger partial charge is 0.187 e. The third-order valence-electron chi connectivity index (χ3n) is 3.39. The van der Waals surface area contributed by atoms with Gasteiger partial charge in [0.25, 0.3) is 0 Å². The van der Waals surface area contributed by atoms with Gasteiger partial charge in [-0.15, -0.1) is 0 Å². The van der Waals surface area contributed by atoms with Gasteiger partial charge in [-0.1, -0.05) is 20.8 Å². The van der Waals surface area contributed by atoms with E-state index in [4.69, 9.17) is 10.5 Å². The van der Waals surface area contributed by atoms with Crippen molar-refractivity contribution in [2.75, 3.05) is 18.1 Å². The van der Waals surface area contributed by atoms with E-state index in [0.29, 0.717) is 17.4 Å². The van der Waals surface area contributed by atoms with Gasteiger partial charge in [0.2, 0.25) is 0 Å². The average Bonchev–Trinajstić information content (AvgIpc) is 2.48. The summed E-state index contributed by atoms with van der Waals surface area (Å²) in [7, 11) is 1.84. The molecular formula is C16H23N5O. The summed E-state index contributed by atoms with van der Waals surface area (Å²) in [4.78, 5) is 12.9. The third kappa shape index (κ3) is 3.27. The Balaban J connectivity index is 2.52. The molecule has 0 unspecified atom stereocenters. The molecule has 0 bridgehead atoms. The summed E-state index contributed by atoms with van der Waals surface area (Å²) in [5, 5.41) is 3.06. The molecule has 0 radical (unpaired) electrons. The first-order valence-corrected chi connectivity index (χ1v) is 7.44. The minimum absolute atomic E-state index is 0.288. The van der Waals surface area contributed by atoms with Crippen LogP contribution in [0.5, 0.6) is 11.5 Å². The molecule has 0 aliphatic carbocycles. The molecule has 0 aromatic carbocycles. The van der Waals surface area contributed by atoms with E-state index in [0.717, 1.165) is 29.2 Å². The van der Waals surface area contributed by atoms with E-state index < -0.39 is 0 Å². The molecule has 118 valence electrons. The van der Waals surface area contributed by atoms with Crippen LogP contribution < -0.4 is 15.8 Å². The molecule has 0 aliphatic rings. The van der Waals surface area contributed by atoms with E-state index in [1.807, 2.05) is 13.1 Å². The van der Waals surface area contributed by atoms with Crippen molar-refractivity contribution in [1.29, 1.82) is 0 Å². The van der Waals surface area contributed by atoms with E-state index in [1.54, 1.807) is 13.1 Å². The molecule has 0 fully saturated rings. The van der Waals surface area contributed by atoms with Crippen LogP contribution >= 0.6 is 0 Å². The molecule has 0 amide bonds. The van der Waals surface area contributed by atoms with Gasteiger partial charge in [-0.25, -0.2) is 15.0 Å². The van der Waals surface area contributed by atoms with Crippen LogP contribution in [-0.2, 0) is 6.42 Å². The van der Waals surface area contributed by atoms with Crippen molar-refractivity contribution in [2.24, 2.45) is 0 Å². The number of aryl methyl sites for hydroxylation is 2. The number of rotatable bonds is 5. The summed E-state index contributed by atoms with van der Waals surface area (Å²) in [6.45, 7) is 8.12. The van der Waals surface area contributed by atoms with Gasteiger partial charge in [-0.3, -0.25) is 0 Å². The Morgan fingerprint density at radius 1 is 1.27 bits per heavy atom. The van der Waals surface area contributed by atoms with Crippen LogP contribution in [0.15, 0.2) is 12.3 Å². The lowest BCUT2D eigenvalue weighted by molar-refractivity contribution is 0.468. The van der Waals surface area contributed by atoms with Gasteiger partial charge < -0.3 is 15.8 Å². The zero-order valence-corrected chi connectivity index (χ0v) is 13.8. The molecule has 2 rings (SSSR count). The molecule has 6 heteroatoms. The van der Waals surface area contributed by atoms with Crippen molar-refractivity contribution in [3.8, 4) is 11.5 Å². The summed E-state index contributed by atoms with van der Waals surface area (Å²) >= 11 is 0. The number of nitrogens with zero attached hydrogens (tertiary/aromatic N) is 3. The molecule has 0 aliphatic heterocycles. The van der Waals surface area contributed by atoms with Crippen LogP contribution in [0.25, 0.3) is 0 Å². The Labute approximate surface area is 131 Å². The largest absolute Gasteiger partial charge is 0.451 e. The monoisotopic (exact) mass is 301 g/mol. The summed E-state index contributed by atoms with van der Waals surface area (Å²) in [5.74, 6) is 3.21. The van der Waals surface area contributed by atoms with Gasteiger partial charge in [0.1, 0.15) is 17.4 Å². The number of aromatic nitrogens is 3. The quantitative estimate of drug-likeness (QED) is 0.881. The van der Waals surface area contributed by atoms with Crippen LogP contribution in [0.1, 0.15) is 43.8 Å². The fourth-order valence-electron chi connectivity index (χ4n) is 2.36. The van der Waals surface area contributed by atoms with Crippen LogP contribution in [-0.4, -0.2) is 22.0 Å². The zero-order valence-electron chi connectivity index (χ0n) is 13.8. The minimum atomic E-state index is 0.288. The maximum Gasteiger partial charge on any atom is 0.187 e. The molecule has 2 aromatic rings. The van der Waals surface area contributed by atoms with Crippen molar-refractivity contribution < 1.29 is 4.74 Å². The van der Waals surface area contributed by atoms with Gasteiger partial charge >= 0.3 is 0 Å². The Morgan fingerprint density at radius 3 is 2.55 bits per heavy atom. The van der Waals surface area contributed by atoms with Crippen molar-refractivity contribution in [3.05, 3.63) is 29.3 Å². The predicted molar refractivity (Wildman–Crippen MR) is 88.5 cm³/mol. The SMILES string of the molecule is CCc1nc(NC)cc(Oc2cnc(C)nc2N)c1C(C)C. The lowest BCUT2D eigenvalue weighted by Crippen LogP contribution is -2.06. The third-order valence-corrected chi connectivity index (χ3v) is 3.39. The number of nitrogen functional groups attached to an aromatic ring is 1. The first-order chi connectivity index (χ1) is 10.5. The molecule has 2 aromatic heterocycles. The van der Waals surface area contributed by atoms with Gasteiger partial charge in [0.05, 0.1) is 6.20 Å². The normalized spacial score (nSPS) is 10.8. The first kappa shape index (κ1) is 16.0. The Morgan fingerprint density at radius 2 is 2.00 bits per heavy atom. The average molecular weight is 301 g/mol. The zero-order chi connectivity index (χ0) is 16.3. The maximum absolute atomic E-state index is 6.01. The van der Waals surface area contributed by atoms with Crippen molar-refractivity contribution in [3.63, 3.8) is 0 Å². The highest BCUT2D eigenvalue weighted by atomic mass is 16.5. The molecule has 3 N–H and O–H groups in total. The molecule has 0 atom stereocenters. The fourth-order valence-corrected chi connectivity index (χ4v) is 2.36. The van der Waals surface area contributed by atoms with E-state index in [-0.39, 0.29) is 5.92 Å². The lowest BCUT2D eigenvalue weighted by Gasteiger charge is -2.18. The molecule has 2 heterocycles. The number of ether oxygens (including phenoxy) is 1. The topological polar surface area (TPSA) is 86.0 Å². The summed E-state index contributed by atoms with van der Waals surface area (Å²) in [5.41, 5.74) is 8.03. The molecule has 0 saturated carbocycles. The van der Waals surface area contributed by atoms with Crippen molar-refractivity contribution in [1.82, 2.24) is 15.0 Å². The second-order valence-electron chi connectivity index (χ2n) is 5.39. The van der Waals surface area contributed by atoms with Crippen molar-refractivity contribution >= 4 is 11.6 Å². The molecule has 0 saturated heterocycles. The van der Waals surface area contributed by atoms with Crippen LogP contribution in [0.3, 0.4) is 0 Å². The second kappa shape index (κ2) is 6.60. The number of nitrogens with one attached hydrogen (secondary N) is 1. The predicted octanol–water partition coefficient (Wildman–Crippen LogP) is 3.28. The number of hydrogen-bond acceptors (Lipinski definition) is 6. The molecule has 0 spiro atoms. The number of hydrogen-bond donors (Lipinski definition) is 2.